The fraction of sp³-hybridized carbons (Fsp3) is 0.0833. The van der Waals surface area contributed by atoms with Gasteiger partial charge in [-0.15, -0.1) is 0 Å². The first kappa shape index (κ1) is 14.7. The smallest absolute Gasteiger partial charge is 0.290 e. The Labute approximate surface area is 120 Å². The predicted molar refractivity (Wildman–Crippen MR) is 77.3 cm³/mol. The number of rotatable bonds is 4. The molecule has 0 fully saturated rings. The van der Waals surface area contributed by atoms with Crippen molar-refractivity contribution < 1.29 is 13.3 Å². The van der Waals surface area contributed by atoms with Crippen LogP contribution < -0.4 is 10.5 Å². The molecule has 2 rings (SSSR count). The summed E-state index contributed by atoms with van der Waals surface area (Å²) in [6.45, 7) is 1.80. The molecule has 2 aromatic rings. The van der Waals surface area contributed by atoms with E-state index in [1.54, 1.807) is 13.0 Å². The van der Waals surface area contributed by atoms with E-state index in [2.05, 4.69) is 9.71 Å². The number of hydrogen-bond acceptors (Lipinski definition) is 6. The van der Waals surface area contributed by atoms with Crippen molar-refractivity contribution in [2.75, 3.05) is 10.5 Å². The summed E-state index contributed by atoms with van der Waals surface area (Å²) in [5.41, 5.74) is 5.92. The zero-order valence-electron chi connectivity index (χ0n) is 11.0. The summed E-state index contributed by atoms with van der Waals surface area (Å²) in [6.07, 6.45) is 1.48. The van der Waals surface area contributed by atoms with Crippen LogP contribution in [0, 0.1) is 17.0 Å². The minimum Gasteiger partial charge on any atom is -0.399 e. The summed E-state index contributed by atoms with van der Waals surface area (Å²) in [4.78, 5) is 13.5. The molecule has 0 spiro atoms. The van der Waals surface area contributed by atoms with E-state index in [-0.39, 0.29) is 11.5 Å². The van der Waals surface area contributed by atoms with E-state index in [0.29, 0.717) is 0 Å². The van der Waals surface area contributed by atoms with Crippen molar-refractivity contribution in [3.05, 3.63) is 52.2 Å². The van der Waals surface area contributed by atoms with E-state index in [4.69, 9.17) is 5.73 Å². The zero-order valence-corrected chi connectivity index (χ0v) is 11.8. The van der Waals surface area contributed by atoms with E-state index in [1.807, 2.05) is 0 Å². The molecule has 0 bridgehead atoms. The second-order valence-electron chi connectivity index (χ2n) is 4.31. The van der Waals surface area contributed by atoms with E-state index in [9.17, 15) is 18.5 Å². The molecule has 1 aromatic heterocycles. The lowest BCUT2D eigenvalue weighted by molar-refractivity contribution is -0.387. The van der Waals surface area contributed by atoms with Crippen molar-refractivity contribution in [1.82, 2.24) is 4.98 Å². The van der Waals surface area contributed by atoms with Gasteiger partial charge >= 0.3 is 0 Å². The number of anilines is 2. The van der Waals surface area contributed by atoms with Crippen molar-refractivity contribution in [3.8, 4) is 0 Å². The predicted octanol–water partition coefficient (Wildman–Crippen LogP) is 1.68. The van der Waals surface area contributed by atoms with Crippen molar-refractivity contribution in [1.29, 1.82) is 0 Å². The molecule has 0 atom stereocenters. The first-order valence-electron chi connectivity index (χ1n) is 5.79. The molecule has 110 valence electrons. The summed E-state index contributed by atoms with van der Waals surface area (Å²) in [5, 5.41) is 10.9. The molecule has 1 aromatic carbocycles. The first-order valence-corrected chi connectivity index (χ1v) is 7.27. The Bertz CT molecular complexity index is 787. The molecular formula is C12H12N4O4S. The van der Waals surface area contributed by atoms with E-state index >= 15 is 0 Å². The van der Waals surface area contributed by atoms with E-state index in [1.165, 1.54) is 18.3 Å². The average molecular weight is 308 g/mol. The Kier molecular flexibility index (Phi) is 3.76. The van der Waals surface area contributed by atoms with Crippen molar-refractivity contribution in [3.63, 3.8) is 0 Å². The van der Waals surface area contributed by atoms with Gasteiger partial charge in [-0.2, -0.15) is 0 Å². The van der Waals surface area contributed by atoms with Gasteiger partial charge < -0.3 is 5.73 Å². The number of aryl methyl sites for hydroxylation is 1. The maximum Gasteiger partial charge on any atom is 0.290 e. The second-order valence-corrected chi connectivity index (χ2v) is 5.96. The Hall–Kier alpha value is -2.68. The summed E-state index contributed by atoms with van der Waals surface area (Å²) in [5.74, 6) is 0.0670. The van der Waals surface area contributed by atoms with Crippen LogP contribution in [0.5, 0.6) is 0 Å². The van der Waals surface area contributed by atoms with Gasteiger partial charge in [0.15, 0.2) is 4.90 Å². The number of hydrogen-bond donors (Lipinski definition) is 2. The summed E-state index contributed by atoms with van der Waals surface area (Å²) < 4.78 is 26.7. The third kappa shape index (κ3) is 3.26. The van der Waals surface area contributed by atoms with Crippen molar-refractivity contribution >= 4 is 27.2 Å². The highest BCUT2D eigenvalue weighted by Gasteiger charge is 2.26. The van der Waals surface area contributed by atoms with Crippen LogP contribution >= 0.6 is 0 Å². The summed E-state index contributed by atoms with van der Waals surface area (Å²) in [7, 11) is -4.16. The number of nitro groups is 1. The quantitative estimate of drug-likeness (QED) is 0.502. The number of nitrogen functional groups attached to an aromatic ring is 1. The molecule has 21 heavy (non-hydrogen) atoms. The van der Waals surface area contributed by atoms with Crippen LogP contribution in [0.2, 0.25) is 0 Å². The van der Waals surface area contributed by atoms with Crippen LogP contribution in [-0.4, -0.2) is 18.3 Å². The number of nitrogens with zero attached hydrogens (tertiary/aromatic N) is 2. The van der Waals surface area contributed by atoms with Gasteiger partial charge in [0, 0.05) is 18.0 Å². The highest BCUT2D eigenvalue weighted by Crippen LogP contribution is 2.27. The fourth-order valence-corrected chi connectivity index (χ4v) is 2.83. The van der Waals surface area contributed by atoms with Gasteiger partial charge in [-0.05, 0) is 30.7 Å². The Morgan fingerprint density at radius 3 is 2.57 bits per heavy atom. The third-order valence-corrected chi connectivity index (χ3v) is 4.00. The number of nitro benzene ring substituents is 1. The number of pyridine rings is 1. The standard InChI is InChI=1S/C12H12N4O4S/c1-8-2-5-12(14-7-8)15-21(19,20)11-6-9(13)3-4-10(11)16(17)18/h2-7H,13H2,1H3,(H,14,15). The average Bonchev–Trinajstić information content (AvgIpc) is 2.41. The lowest BCUT2D eigenvalue weighted by Gasteiger charge is -2.08. The molecule has 0 aliphatic rings. The molecule has 1 heterocycles. The van der Waals surface area contributed by atoms with Crippen LogP contribution in [0.4, 0.5) is 17.2 Å². The molecule has 8 nitrogen and oxygen atoms in total. The number of nitrogens with one attached hydrogen (secondary N) is 1. The van der Waals surface area contributed by atoms with Gasteiger partial charge in [0.2, 0.25) is 0 Å². The molecule has 0 unspecified atom stereocenters. The zero-order chi connectivity index (χ0) is 15.6. The number of benzene rings is 1. The molecule has 0 amide bonds. The van der Waals surface area contributed by atoms with Gasteiger partial charge in [0.05, 0.1) is 4.92 Å². The van der Waals surface area contributed by atoms with E-state index in [0.717, 1.165) is 17.7 Å². The Balaban J connectivity index is 2.46. The maximum atomic E-state index is 12.3. The number of nitrogens with two attached hydrogens (primary N) is 1. The van der Waals surface area contributed by atoms with Gasteiger partial charge in [0.1, 0.15) is 5.82 Å². The van der Waals surface area contributed by atoms with Crippen LogP contribution in [0.15, 0.2) is 41.4 Å². The largest absolute Gasteiger partial charge is 0.399 e. The molecule has 0 saturated heterocycles. The van der Waals surface area contributed by atoms with Crippen LogP contribution in [0.25, 0.3) is 0 Å². The normalized spacial score (nSPS) is 11.1. The van der Waals surface area contributed by atoms with E-state index < -0.39 is 25.5 Å². The van der Waals surface area contributed by atoms with Crippen LogP contribution in [0.1, 0.15) is 5.56 Å². The highest BCUT2D eigenvalue weighted by atomic mass is 32.2. The summed E-state index contributed by atoms with van der Waals surface area (Å²) in [6, 6.07) is 6.48. The molecule has 0 radical (unpaired) electrons. The van der Waals surface area contributed by atoms with Gasteiger partial charge in [-0.3, -0.25) is 14.8 Å². The van der Waals surface area contributed by atoms with Gasteiger partial charge in [-0.25, -0.2) is 13.4 Å². The fourth-order valence-electron chi connectivity index (χ4n) is 1.62. The molecule has 0 saturated carbocycles. The molecule has 0 aliphatic carbocycles. The Morgan fingerprint density at radius 1 is 1.29 bits per heavy atom. The monoisotopic (exact) mass is 308 g/mol. The number of sulfonamides is 1. The highest BCUT2D eigenvalue weighted by molar-refractivity contribution is 7.92. The first-order chi connectivity index (χ1) is 9.79. The number of aromatic nitrogens is 1. The lowest BCUT2D eigenvalue weighted by atomic mass is 10.3. The molecule has 0 aliphatic heterocycles. The minimum absolute atomic E-state index is 0.0670. The topological polar surface area (TPSA) is 128 Å². The summed E-state index contributed by atoms with van der Waals surface area (Å²) >= 11 is 0. The van der Waals surface area contributed by atoms with Gasteiger partial charge in [-0.1, -0.05) is 6.07 Å². The van der Waals surface area contributed by atoms with Crippen LogP contribution in [-0.2, 0) is 10.0 Å². The Morgan fingerprint density at radius 2 is 2.00 bits per heavy atom. The minimum atomic E-state index is -4.16. The van der Waals surface area contributed by atoms with Crippen molar-refractivity contribution in [2.24, 2.45) is 0 Å². The van der Waals surface area contributed by atoms with Gasteiger partial charge in [0.25, 0.3) is 15.7 Å². The van der Waals surface area contributed by atoms with Crippen molar-refractivity contribution in [2.45, 2.75) is 11.8 Å². The SMILES string of the molecule is Cc1ccc(NS(=O)(=O)c2cc(N)ccc2[N+](=O)[O-])nc1. The lowest BCUT2D eigenvalue weighted by Crippen LogP contribution is -2.16. The van der Waals surface area contributed by atoms with Crippen LogP contribution in [0.3, 0.4) is 0 Å². The third-order valence-electron chi connectivity index (χ3n) is 2.62. The maximum absolute atomic E-state index is 12.3. The molecule has 9 heteroatoms. The molecular weight excluding hydrogens is 296 g/mol. The molecule has 3 N–H and O–H groups in total. The second kappa shape index (κ2) is 5.37.